The number of guanidine groups is 1. The van der Waals surface area contributed by atoms with Gasteiger partial charge in [0, 0.05) is 5.92 Å². The monoisotopic (exact) mass is 565 g/mol. The summed E-state index contributed by atoms with van der Waals surface area (Å²) in [6.07, 6.45) is 35.7. The van der Waals surface area contributed by atoms with Crippen molar-refractivity contribution < 1.29 is 4.79 Å². The van der Waals surface area contributed by atoms with Gasteiger partial charge >= 0.3 is 0 Å². The molecule has 0 bridgehead atoms. The smallest absolute Gasteiger partial charge is 0.224 e. The lowest BCUT2D eigenvalue weighted by Crippen LogP contribution is -2.40. The first-order valence-electron chi connectivity index (χ1n) is 17.9. The van der Waals surface area contributed by atoms with Crippen molar-refractivity contribution in [1.29, 1.82) is 0 Å². The molecule has 0 aromatic carbocycles. The number of rotatable bonds is 31. The standard InChI is InChI=1S/C35H72N4O/c1-4-7-9-11-13-15-17-19-21-23-25-27-30-32(34(40)38-33(29-6-3)39-35(36)37)31-28-26-24-22-20-18-16-14-12-10-8-5-2/h32-33H,4-31H2,1-3H3,(H,38,40)(H4,36,37,39). The van der Waals surface area contributed by atoms with Crippen LogP contribution in [0.4, 0.5) is 0 Å². The molecule has 0 aromatic rings. The van der Waals surface area contributed by atoms with E-state index >= 15 is 0 Å². The number of hydrogen-bond acceptors (Lipinski definition) is 2. The lowest BCUT2D eigenvalue weighted by Gasteiger charge is -2.20. The minimum absolute atomic E-state index is 0.0530. The molecule has 0 aliphatic rings. The van der Waals surface area contributed by atoms with E-state index in [-0.39, 0.29) is 24.0 Å². The number of nitrogens with one attached hydrogen (secondary N) is 1. The van der Waals surface area contributed by atoms with E-state index in [9.17, 15) is 4.79 Å². The minimum Gasteiger partial charge on any atom is -0.370 e. The molecule has 0 rings (SSSR count). The first-order chi connectivity index (χ1) is 19.5. The Balaban J connectivity index is 4.26. The van der Waals surface area contributed by atoms with Crippen molar-refractivity contribution in [1.82, 2.24) is 5.32 Å². The summed E-state index contributed by atoms with van der Waals surface area (Å²) in [4.78, 5) is 17.5. The lowest BCUT2D eigenvalue weighted by molar-refractivity contribution is -0.126. The van der Waals surface area contributed by atoms with Crippen LogP contribution in [-0.4, -0.2) is 18.0 Å². The Labute approximate surface area is 250 Å². The van der Waals surface area contributed by atoms with Crippen LogP contribution in [0.2, 0.25) is 0 Å². The summed E-state index contributed by atoms with van der Waals surface area (Å²) in [5, 5.41) is 3.15. The van der Waals surface area contributed by atoms with Gasteiger partial charge in [-0.05, 0) is 19.3 Å². The molecule has 0 aliphatic heterocycles. The molecule has 5 heteroatoms. The highest BCUT2D eigenvalue weighted by atomic mass is 16.2. The Bertz CT molecular complexity index is 534. The zero-order valence-corrected chi connectivity index (χ0v) is 27.5. The van der Waals surface area contributed by atoms with Gasteiger partial charge in [0.05, 0.1) is 0 Å². The second-order valence-corrected chi connectivity index (χ2v) is 12.4. The Morgan fingerprint density at radius 2 is 0.825 bits per heavy atom. The number of nitrogens with zero attached hydrogens (tertiary/aromatic N) is 1. The van der Waals surface area contributed by atoms with Crippen molar-refractivity contribution in [2.45, 2.75) is 207 Å². The molecule has 5 nitrogen and oxygen atoms in total. The molecular weight excluding hydrogens is 492 g/mol. The fourth-order valence-electron chi connectivity index (χ4n) is 5.77. The number of amides is 1. The van der Waals surface area contributed by atoms with Gasteiger partial charge in [0.2, 0.25) is 5.91 Å². The molecule has 0 aromatic heterocycles. The van der Waals surface area contributed by atoms with Crippen LogP contribution in [0.5, 0.6) is 0 Å². The van der Waals surface area contributed by atoms with Crippen molar-refractivity contribution >= 4 is 11.9 Å². The van der Waals surface area contributed by atoms with Crippen LogP contribution < -0.4 is 16.8 Å². The van der Waals surface area contributed by atoms with Gasteiger partial charge in [0.1, 0.15) is 6.17 Å². The average molecular weight is 565 g/mol. The molecule has 1 unspecified atom stereocenters. The van der Waals surface area contributed by atoms with Crippen molar-refractivity contribution in [3.8, 4) is 0 Å². The van der Waals surface area contributed by atoms with Gasteiger partial charge < -0.3 is 16.8 Å². The highest BCUT2D eigenvalue weighted by Gasteiger charge is 2.20. The maximum Gasteiger partial charge on any atom is 0.224 e. The zero-order chi connectivity index (χ0) is 29.5. The zero-order valence-electron chi connectivity index (χ0n) is 27.5. The third-order valence-corrected chi connectivity index (χ3v) is 8.36. The van der Waals surface area contributed by atoms with Crippen molar-refractivity contribution in [3.05, 3.63) is 0 Å². The molecule has 1 atom stereocenters. The molecule has 0 aliphatic carbocycles. The third kappa shape index (κ3) is 26.9. The molecule has 5 N–H and O–H groups in total. The first kappa shape index (κ1) is 38.7. The fourth-order valence-corrected chi connectivity index (χ4v) is 5.77. The fraction of sp³-hybridized carbons (Fsp3) is 0.943. The summed E-state index contributed by atoms with van der Waals surface area (Å²) < 4.78 is 0. The maximum atomic E-state index is 13.2. The topological polar surface area (TPSA) is 93.5 Å². The normalized spacial score (nSPS) is 12.1. The Morgan fingerprint density at radius 3 is 1.12 bits per heavy atom. The summed E-state index contributed by atoms with van der Waals surface area (Å²) in [5.41, 5.74) is 11.2. The van der Waals surface area contributed by atoms with Gasteiger partial charge in [-0.25, -0.2) is 4.99 Å². The van der Waals surface area contributed by atoms with Gasteiger partial charge in [-0.15, -0.1) is 0 Å². The van der Waals surface area contributed by atoms with Crippen LogP contribution in [0.15, 0.2) is 4.99 Å². The summed E-state index contributed by atoms with van der Waals surface area (Å²) in [5.74, 6) is 0.284. The van der Waals surface area contributed by atoms with Crippen LogP contribution >= 0.6 is 0 Å². The highest BCUT2D eigenvalue weighted by Crippen LogP contribution is 2.21. The number of unbranched alkanes of at least 4 members (excludes halogenated alkanes) is 22. The molecule has 40 heavy (non-hydrogen) atoms. The van der Waals surface area contributed by atoms with Crippen LogP contribution in [0, 0.1) is 5.92 Å². The quantitative estimate of drug-likeness (QED) is 0.0444. The SMILES string of the molecule is CCCCCCCCCCCCCCC(CCCCCCCCCCCCCC)C(=O)NC(CCC)N=C(N)N. The number of aliphatic imine (C=N–C) groups is 1. The molecule has 0 heterocycles. The van der Waals surface area contributed by atoms with Crippen molar-refractivity contribution in [2.75, 3.05) is 0 Å². The van der Waals surface area contributed by atoms with Crippen LogP contribution in [-0.2, 0) is 4.79 Å². The van der Waals surface area contributed by atoms with Crippen molar-refractivity contribution in [2.24, 2.45) is 22.4 Å². The van der Waals surface area contributed by atoms with Gasteiger partial charge in [0.25, 0.3) is 0 Å². The number of carbonyl (C=O) groups is 1. The summed E-state index contributed by atoms with van der Waals surface area (Å²) in [6.45, 7) is 6.66. The lowest BCUT2D eigenvalue weighted by atomic mass is 9.93. The van der Waals surface area contributed by atoms with E-state index in [1.165, 1.54) is 141 Å². The third-order valence-electron chi connectivity index (χ3n) is 8.36. The highest BCUT2D eigenvalue weighted by molar-refractivity contribution is 5.80. The second kappa shape index (κ2) is 30.7. The summed E-state index contributed by atoms with van der Waals surface area (Å²) >= 11 is 0. The van der Waals surface area contributed by atoms with Crippen LogP contribution in [0.3, 0.4) is 0 Å². The van der Waals surface area contributed by atoms with Gasteiger partial charge in [-0.1, -0.05) is 181 Å². The van der Waals surface area contributed by atoms with Gasteiger partial charge in [-0.3, -0.25) is 4.79 Å². The predicted octanol–water partition coefficient (Wildman–Crippen LogP) is 10.3. The van der Waals surface area contributed by atoms with Crippen LogP contribution in [0.25, 0.3) is 0 Å². The Kier molecular flexibility index (Phi) is 29.7. The molecule has 0 radical (unpaired) electrons. The van der Waals surface area contributed by atoms with Gasteiger partial charge in [-0.2, -0.15) is 0 Å². The maximum absolute atomic E-state index is 13.2. The minimum atomic E-state index is -0.297. The number of nitrogens with two attached hydrogens (primary N) is 2. The van der Waals surface area contributed by atoms with E-state index < -0.39 is 0 Å². The molecule has 0 spiro atoms. The Morgan fingerprint density at radius 1 is 0.500 bits per heavy atom. The molecule has 238 valence electrons. The molecule has 0 saturated carbocycles. The second-order valence-electron chi connectivity index (χ2n) is 12.4. The van der Waals surface area contributed by atoms with E-state index in [2.05, 4.69) is 31.1 Å². The summed E-state index contributed by atoms with van der Waals surface area (Å²) in [6, 6.07) is 0. The molecule has 1 amide bonds. The number of carbonyl (C=O) groups excluding carboxylic acids is 1. The largest absolute Gasteiger partial charge is 0.370 e. The predicted molar refractivity (Wildman–Crippen MR) is 178 cm³/mol. The van der Waals surface area contributed by atoms with E-state index in [1.807, 2.05) is 0 Å². The first-order valence-corrected chi connectivity index (χ1v) is 17.9. The van der Waals surface area contributed by atoms with E-state index in [4.69, 9.17) is 11.5 Å². The van der Waals surface area contributed by atoms with E-state index in [0.717, 1.165) is 38.5 Å². The Hall–Kier alpha value is -1.26. The molecular formula is C35H72N4O. The van der Waals surface area contributed by atoms with E-state index in [0.29, 0.717) is 0 Å². The van der Waals surface area contributed by atoms with Crippen molar-refractivity contribution in [3.63, 3.8) is 0 Å². The molecule has 0 saturated heterocycles. The number of hydrogen-bond donors (Lipinski definition) is 3. The molecule has 0 fully saturated rings. The van der Waals surface area contributed by atoms with Crippen LogP contribution in [0.1, 0.15) is 201 Å². The summed E-state index contributed by atoms with van der Waals surface area (Å²) in [7, 11) is 0. The van der Waals surface area contributed by atoms with E-state index in [1.54, 1.807) is 0 Å². The average Bonchev–Trinajstić information content (AvgIpc) is 2.92. The van der Waals surface area contributed by atoms with Gasteiger partial charge in [0.15, 0.2) is 5.96 Å².